The van der Waals surface area contributed by atoms with Crippen LogP contribution in [-0.4, -0.2) is 4.57 Å². The lowest BCUT2D eigenvalue weighted by atomic mass is 9.83. The van der Waals surface area contributed by atoms with Gasteiger partial charge in [-0.3, -0.25) is 0 Å². The second-order valence-electron chi connectivity index (χ2n) is 18.6. The Balaban J connectivity index is 0.987. The Hall–Kier alpha value is -7.04. The summed E-state index contributed by atoms with van der Waals surface area (Å²) >= 11 is 0. The Bertz CT molecular complexity index is 3000. The normalized spacial score (nSPS) is 16.2. The third-order valence-corrected chi connectivity index (χ3v) is 15.0. The molecule has 4 aliphatic rings. The van der Waals surface area contributed by atoms with E-state index in [1.807, 2.05) is 0 Å². The number of hydrogen-bond donors (Lipinski definition) is 0. The average molecular weight is 829 g/mol. The van der Waals surface area contributed by atoms with Gasteiger partial charge < -0.3 is 19.3 Å². The Morgan fingerprint density at radius 1 is 0.312 bits per heavy atom. The summed E-state index contributed by atoms with van der Waals surface area (Å²) in [5, 5.41) is 2.81. The zero-order valence-electron chi connectivity index (χ0n) is 36.3. The van der Waals surface area contributed by atoms with Crippen LogP contribution in [0.2, 0.25) is 0 Å². The fourth-order valence-corrected chi connectivity index (χ4v) is 11.9. The van der Waals surface area contributed by atoms with Gasteiger partial charge in [0.2, 0.25) is 0 Å². The zero-order chi connectivity index (χ0) is 42.1. The highest BCUT2D eigenvalue weighted by Crippen LogP contribution is 2.64. The van der Waals surface area contributed by atoms with Crippen LogP contribution >= 0.6 is 0 Å². The van der Waals surface area contributed by atoms with Crippen LogP contribution in [0.15, 0.2) is 182 Å². The molecule has 0 saturated heterocycles. The first-order chi connectivity index (χ1) is 31.8. The van der Waals surface area contributed by atoms with Gasteiger partial charge in [-0.1, -0.05) is 123 Å². The molecule has 9 aromatic rings. The monoisotopic (exact) mass is 828 g/mol. The van der Waals surface area contributed by atoms with Gasteiger partial charge in [-0.15, -0.1) is 0 Å². The zero-order valence-corrected chi connectivity index (χ0v) is 36.3. The molecule has 4 heteroatoms. The van der Waals surface area contributed by atoms with Crippen LogP contribution in [0.4, 0.5) is 51.2 Å². The van der Waals surface area contributed by atoms with Gasteiger partial charge >= 0.3 is 0 Å². The van der Waals surface area contributed by atoms with Crippen molar-refractivity contribution in [3.05, 3.63) is 193 Å². The largest absolute Gasteiger partial charge is 0.309 e. The number of hydrogen-bond acceptors (Lipinski definition) is 3. The predicted octanol–water partition coefficient (Wildman–Crippen LogP) is 17.6. The van der Waals surface area contributed by atoms with E-state index in [0.29, 0.717) is 11.8 Å². The van der Waals surface area contributed by atoms with E-state index in [1.165, 1.54) is 131 Å². The summed E-state index contributed by atoms with van der Waals surface area (Å²) in [6.45, 7) is 0. The Kier molecular flexibility index (Phi) is 8.99. The SMILES string of the molecule is c1ccc(N2c3ccccc3N3c4ccccc4N(c4ccccc4)c4cc(-c5ccc(-n6c7ccc(C8CCCCC8)cc7c7cc(C8CCCCC8)ccc76)cc5)cc2c43)cc1. The van der Waals surface area contributed by atoms with Crippen molar-refractivity contribution in [1.29, 1.82) is 0 Å². The molecule has 2 saturated carbocycles. The Morgan fingerprint density at radius 2 is 0.734 bits per heavy atom. The maximum Gasteiger partial charge on any atom is 0.0948 e. The molecule has 2 aliphatic carbocycles. The summed E-state index contributed by atoms with van der Waals surface area (Å²) in [6, 6.07) is 68.5. The summed E-state index contributed by atoms with van der Waals surface area (Å²) in [4.78, 5) is 7.41. The van der Waals surface area contributed by atoms with Crippen LogP contribution in [0.5, 0.6) is 0 Å². The molecule has 312 valence electrons. The van der Waals surface area contributed by atoms with Crippen LogP contribution in [0, 0.1) is 0 Å². The maximum atomic E-state index is 2.57. The van der Waals surface area contributed by atoms with Gasteiger partial charge in [-0.2, -0.15) is 0 Å². The minimum absolute atomic E-state index is 0.670. The number of anilines is 9. The molecule has 0 unspecified atom stereocenters. The van der Waals surface area contributed by atoms with Gasteiger partial charge in [0, 0.05) is 27.8 Å². The number of nitrogens with zero attached hydrogens (tertiary/aromatic N) is 4. The second kappa shape index (κ2) is 15.3. The van der Waals surface area contributed by atoms with Crippen molar-refractivity contribution < 1.29 is 0 Å². The molecule has 0 radical (unpaired) electrons. The van der Waals surface area contributed by atoms with Crippen molar-refractivity contribution in [3.8, 4) is 16.8 Å². The van der Waals surface area contributed by atoms with E-state index in [4.69, 9.17) is 0 Å². The number of rotatable bonds is 6. The lowest BCUT2D eigenvalue weighted by Crippen LogP contribution is -2.30. The fourth-order valence-electron chi connectivity index (χ4n) is 11.9. The van der Waals surface area contributed by atoms with Crippen molar-refractivity contribution in [2.24, 2.45) is 0 Å². The van der Waals surface area contributed by atoms with Gasteiger partial charge in [0.1, 0.15) is 0 Å². The molecule has 2 aliphatic heterocycles. The molecule has 8 aromatic carbocycles. The fraction of sp³-hybridized carbons (Fsp3) is 0.200. The molecule has 13 rings (SSSR count). The van der Waals surface area contributed by atoms with E-state index >= 15 is 0 Å². The number of para-hydroxylation sites is 6. The topological polar surface area (TPSA) is 14.7 Å². The van der Waals surface area contributed by atoms with Crippen LogP contribution in [-0.2, 0) is 0 Å². The minimum atomic E-state index is 0.670. The molecule has 0 amide bonds. The maximum absolute atomic E-state index is 2.57. The summed E-state index contributed by atoms with van der Waals surface area (Å²) in [7, 11) is 0. The van der Waals surface area contributed by atoms with Crippen molar-refractivity contribution in [2.45, 2.75) is 76.0 Å². The molecule has 64 heavy (non-hydrogen) atoms. The summed E-state index contributed by atoms with van der Waals surface area (Å²) in [5.41, 5.74) is 19.6. The highest BCUT2D eigenvalue weighted by atomic mass is 15.3. The van der Waals surface area contributed by atoms with Crippen molar-refractivity contribution in [2.75, 3.05) is 14.7 Å². The van der Waals surface area contributed by atoms with Crippen molar-refractivity contribution in [3.63, 3.8) is 0 Å². The molecule has 0 bridgehead atoms. The first kappa shape index (κ1) is 37.5. The van der Waals surface area contributed by atoms with Crippen LogP contribution in [0.1, 0.15) is 87.2 Å². The molecular formula is C60H52N4. The number of aromatic nitrogens is 1. The minimum Gasteiger partial charge on any atom is -0.309 e. The number of benzene rings is 8. The second-order valence-corrected chi connectivity index (χ2v) is 18.6. The summed E-state index contributed by atoms with van der Waals surface area (Å²) < 4.78 is 2.53. The van der Waals surface area contributed by atoms with Crippen molar-refractivity contribution in [1.82, 2.24) is 4.57 Å². The van der Waals surface area contributed by atoms with Gasteiger partial charge in [0.05, 0.1) is 50.8 Å². The highest BCUT2D eigenvalue weighted by molar-refractivity contribution is 6.14. The lowest BCUT2D eigenvalue weighted by molar-refractivity contribution is 0.444. The van der Waals surface area contributed by atoms with Crippen LogP contribution < -0.4 is 14.7 Å². The van der Waals surface area contributed by atoms with Crippen LogP contribution in [0.25, 0.3) is 38.6 Å². The van der Waals surface area contributed by atoms with E-state index in [1.54, 1.807) is 0 Å². The Morgan fingerprint density at radius 3 is 1.19 bits per heavy atom. The molecule has 0 N–H and O–H groups in total. The van der Waals surface area contributed by atoms with E-state index < -0.39 is 0 Å². The smallest absolute Gasteiger partial charge is 0.0948 e. The molecule has 2 fully saturated rings. The summed E-state index contributed by atoms with van der Waals surface area (Å²) in [5.74, 6) is 1.34. The van der Waals surface area contributed by atoms with E-state index in [-0.39, 0.29) is 0 Å². The number of fused-ring (bicyclic) bond motifs is 7. The van der Waals surface area contributed by atoms with Crippen LogP contribution in [0.3, 0.4) is 0 Å². The summed E-state index contributed by atoms with van der Waals surface area (Å²) in [6.07, 6.45) is 13.4. The molecular weight excluding hydrogens is 777 g/mol. The van der Waals surface area contributed by atoms with Gasteiger partial charge in [-0.25, -0.2) is 0 Å². The first-order valence-corrected chi connectivity index (χ1v) is 23.8. The first-order valence-electron chi connectivity index (χ1n) is 23.8. The van der Waals surface area contributed by atoms with Gasteiger partial charge in [0.25, 0.3) is 0 Å². The average Bonchev–Trinajstić information content (AvgIpc) is 3.70. The third-order valence-electron chi connectivity index (χ3n) is 15.0. The van der Waals surface area contributed by atoms with Crippen molar-refractivity contribution >= 4 is 73.0 Å². The molecule has 1 aromatic heterocycles. The lowest BCUT2D eigenvalue weighted by Gasteiger charge is -2.47. The molecule has 4 nitrogen and oxygen atoms in total. The molecule has 3 heterocycles. The van der Waals surface area contributed by atoms with E-state index in [9.17, 15) is 0 Å². The quantitative estimate of drug-likeness (QED) is 0.166. The van der Waals surface area contributed by atoms with E-state index in [2.05, 4.69) is 201 Å². The highest BCUT2D eigenvalue weighted by Gasteiger charge is 2.39. The van der Waals surface area contributed by atoms with Gasteiger partial charge in [0.15, 0.2) is 0 Å². The molecule has 0 atom stereocenters. The van der Waals surface area contributed by atoms with Gasteiger partial charge in [-0.05, 0) is 157 Å². The standard InChI is InChI=1S/C60H52N4/c1-5-17-41(18-6-1)44-31-35-52-50(37-44)51-38-45(42-19-7-2-8-20-42)32-36-53(51)61(52)49-33-29-43(30-34-49)46-39-58-60-59(40-46)63(48-23-11-4-12-24-48)55-26-14-16-28-57(55)64(60)56-27-15-13-25-54(56)62(58)47-21-9-3-10-22-47/h3-4,9-16,21-42H,1-2,5-8,17-20H2. The predicted molar refractivity (Wildman–Crippen MR) is 269 cm³/mol. The Labute approximate surface area is 376 Å². The third kappa shape index (κ3) is 6.03. The molecule has 0 spiro atoms. The van der Waals surface area contributed by atoms with E-state index in [0.717, 1.165) is 34.1 Å².